The number of furan rings is 1. The van der Waals surface area contributed by atoms with Gasteiger partial charge in [0.25, 0.3) is 5.91 Å². The van der Waals surface area contributed by atoms with E-state index in [1.165, 1.54) is 18.2 Å². The van der Waals surface area contributed by atoms with Crippen LogP contribution in [0.3, 0.4) is 0 Å². The van der Waals surface area contributed by atoms with Crippen molar-refractivity contribution in [1.29, 1.82) is 0 Å². The molecule has 126 valence electrons. The first-order valence-corrected chi connectivity index (χ1v) is 8.50. The maximum absolute atomic E-state index is 13.9. The normalized spacial score (nSPS) is 18.2. The Balaban J connectivity index is 1.70. The van der Waals surface area contributed by atoms with Gasteiger partial charge in [0.05, 0.1) is 6.07 Å². The Labute approximate surface area is 141 Å². The van der Waals surface area contributed by atoms with E-state index in [2.05, 4.69) is 0 Å². The second-order valence-electron chi connectivity index (χ2n) is 5.36. The number of carbonyl (C=O) groups is 1. The van der Waals surface area contributed by atoms with Gasteiger partial charge in [0, 0.05) is 29.7 Å². The van der Waals surface area contributed by atoms with E-state index in [1.54, 1.807) is 34.9 Å². The largest absolute Gasteiger partial charge is 0.433 e. The molecule has 1 saturated heterocycles. The Hall–Kier alpha value is -2.35. The van der Waals surface area contributed by atoms with Gasteiger partial charge in [0.1, 0.15) is 10.7 Å². The molecular weight excluding hydrogens is 335 g/mol. The number of carbonyl (C=O) groups excluding carboxylic acids is 1. The van der Waals surface area contributed by atoms with Crippen molar-refractivity contribution in [3.63, 3.8) is 0 Å². The van der Waals surface area contributed by atoms with Crippen LogP contribution >= 0.6 is 11.8 Å². The smallest absolute Gasteiger partial charge is 0.395 e. The minimum absolute atomic E-state index is 0.0186. The van der Waals surface area contributed by atoms with Crippen LogP contribution in [0.15, 0.2) is 40.8 Å². The minimum Gasteiger partial charge on any atom is -0.395 e. The van der Waals surface area contributed by atoms with Crippen molar-refractivity contribution in [1.82, 2.24) is 4.90 Å². The first kappa shape index (κ1) is 16.5. The summed E-state index contributed by atoms with van der Waals surface area (Å²) in [4.78, 5) is 24.0. The molecule has 2 heterocycles. The van der Waals surface area contributed by atoms with Crippen molar-refractivity contribution in [2.24, 2.45) is 0 Å². The molecule has 0 aliphatic carbocycles. The lowest BCUT2D eigenvalue weighted by atomic mass is 10.1. The Bertz CT molecular complexity index is 764. The Morgan fingerprint density at radius 2 is 2.08 bits per heavy atom. The van der Waals surface area contributed by atoms with Crippen LogP contribution in [0, 0.1) is 15.9 Å². The standard InChI is InChI=1S/C16H15FN2O4S/c17-12-4-2-1-3-11(12)14-7-8-18(9-10-24-14)16(20)13-5-6-15(23-13)19(21)22/h1-6,14H,7-10H2. The van der Waals surface area contributed by atoms with Gasteiger partial charge in [-0.25, -0.2) is 4.39 Å². The SMILES string of the molecule is O=C(c1ccc([N+](=O)[O-])o1)N1CCSC(c2ccccc2F)CC1. The average Bonchev–Trinajstić information content (AvgIpc) is 2.94. The molecule has 1 fully saturated rings. The highest BCUT2D eigenvalue weighted by molar-refractivity contribution is 7.99. The van der Waals surface area contributed by atoms with Gasteiger partial charge in [-0.05, 0) is 18.6 Å². The number of hydrogen-bond donors (Lipinski definition) is 0. The van der Waals surface area contributed by atoms with Crippen LogP contribution in [0.1, 0.15) is 27.8 Å². The molecule has 0 bridgehead atoms. The number of nitrogens with zero attached hydrogens (tertiary/aromatic N) is 2. The first-order valence-electron chi connectivity index (χ1n) is 7.46. The zero-order valence-corrected chi connectivity index (χ0v) is 13.5. The van der Waals surface area contributed by atoms with Crippen LogP contribution < -0.4 is 0 Å². The summed E-state index contributed by atoms with van der Waals surface area (Å²) in [7, 11) is 0. The van der Waals surface area contributed by atoms with Crippen LogP contribution in [0.25, 0.3) is 0 Å². The molecule has 1 unspecified atom stereocenters. The van der Waals surface area contributed by atoms with Gasteiger partial charge in [-0.2, -0.15) is 11.8 Å². The first-order chi connectivity index (χ1) is 11.6. The van der Waals surface area contributed by atoms with Crippen molar-refractivity contribution in [3.05, 3.63) is 63.7 Å². The summed E-state index contributed by atoms with van der Waals surface area (Å²) in [6.45, 7) is 0.933. The molecule has 1 aliphatic rings. The maximum Gasteiger partial charge on any atom is 0.433 e. The molecule has 1 aliphatic heterocycles. The van der Waals surface area contributed by atoms with Crippen molar-refractivity contribution in [3.8, 4) is 0 Å². The second-order valence-corrected chi connectivity index (χ2v) is 6.67. The summed E-state index contributed by atoms with van der Waals surface area (Å²) < 4.78 is 18.9. The molecule has 0 spiro atoms. The molecule has 1 amide bonds. The zero-order chi connectivity index (χ0) is 17.1. The number of amides is 1. The van der Waals surface area contributed by atoms with Gasteiger partial charge in [-0.3, -0.25) is 14.9 Å². The predicted molar refractivity (Wildman–Crippen MR) is 87.5 cm³/mol. The topological polar surface area (TPSA) is 76.6 Å². The Morgan fingerprint density at radius 3 is 2.79 bits per heavy atom. The summed E-state index contributed by atoms with van der Waals surface area (Å²) in [5, 5.41) is 10.6. The third kappa shape index (κ3) is 3.43. The monoisotopic (exact) mass is 350 g/mol. The number of benzene rings is 1. The third-order valence-corrected chi connectivity index (χ3v) is 5.17. The van der Waals surface area contributed by atoms with Gasteiger partial charge < -0.3 is 9.32 Å². The molecule has 1 atom stereocenters. The van der Waals surface area contributed by atoms with Crippen LogP contribution in [-0.2, 0) is 0 Å². The highest BCUT2D eigenvalue weighted by Crippen LogP contribution is 2.36. The van der Waals surface area contributed by atoms with E-state index in [1.807, 2.05) is 0 Å². The number of hydrogen-bond acceptors (Lipinski definition) is 5. The van der Waals surface area contributed by atoms with Gasteiger partial charge in [-0.1, -0.05) is 18.2 Å². The van der Waals surface area contributed by atoms with E-state index in [-0.39, 0.29) is 22.7 Å². The van der Waals surface area contributed by atoms with Crippen LogP contribution in [0.5, 0.6) is 0 Å². The fourth-order valence-electron chi connectivity index (χ4n) is 2.65. The molecule has 6 nitrogen and oxygen atoms in total. The maximum atomic E-state index is 13.9. The lowest BCUT2D eigenvalue weighted by Crippen LogP contribution is -2.32. The fourth-order valence-corrected chi connectivity index (χ4v) is 3.91. The lowest BCUT2D eigenvalue weighted by molar-refractivity contribution is -0.402. The zero-order valence-electron chi connectivity index (χ0n) is 12.7. The highest BCUT2D eigenvalue weighted by Gasteiger charge is 2.27. The van der Waals surface area contributed by atoms with E-state index in [4.69, 9.17) is 4.42 Å². The summed E-state index contributed by atoms with van der Waals surface area (Å²) in [5.74, 6) is -0.453. The van der Waals surface area contributed by atoms with Gasteiger partial charge >= 0.3 is 5.88 Å². The summed E-state index contributed by atoms with van der Waals surface area (Å²) in [5.41, 5.74) is 0.644. The quantitative estimate of drug-likeness (QED) is 0.624. The summed E-state index contributed by atoms with van der Waals surface area (Å²) in [6.07, 6.45) is 0.611. The minimum atomic E-state index is -0.677. The Morgan fingerprint density at radius 1 is 1.29 bits per heavy atom. The van der Waals surface area contributed by atoms with E-state index in [9.17, 15) is 19.3 Å². The summed E-state index contributed by atoms with van der Waals surface area (Å²) >= 11 is 1.61. The van der Waals surface area contributed by atoms with Crippen molar-refractivity contribution < 1.29 is 18.5 Å². The van der Waals surface area contributed by atoms with E-state index < -0.39 is 10.8 Å². The average molecular weight is 350 g/mol. The number of nitro groups is 1. The van der Waals surface area contributed by atoms with Crippen LogP contribution in [0.2, 0.25) is 0 Å². The highest BCUT2D eigenvalue weighted by atomic mass is 32.2. The number of thioether (sulfide) groups is 1. The van der Waals surface area contributed by atoms with Gasteiger partial charge in [0.2, 0.25) is 0 Å². The van der Waals surface area contributed by atoms with Gasteiger partial charge in [0.15, 0.2) is 5.76 Å². The Kier molecular flexibility index (Phi) is 4.84. The molecular formula is C16H15FN2O4S. The molecule has 2 aromatic rings. The molecule has 0 radical (unpaired) electrons. The van der Waals surface area contributed by atoms with Crippen molar-refractivity contribution in [2.45, 2.75) is 11.7 Å². The molecule has 0 N–H and O–H groups in total. The number of rotatable bonds is 3. The fraction of sp³-hybridized carbons (Fsp3) is 0.312. The van der Waals surface area contributed by atoms with E-state index >= 15 is 0 Å². The predicted octanol–water partition coefficient (Wildman–Crippen LogP) is 3.65. The molecule has 8 heteroatoms. The van der Waals surface area contributed by atoms with E-state index in [0.29, 0.717) is 30.8 Å². The molecule has 1 aromatic carbocycles. The molecule has 24 heavy (non-hydrogen) atoms. The van der Waals surface area contributed by atoms with Gasteiger partial charge in [-0.15, -0.1) is 0 Å². The van der Waals surface area contributed by atoms with Crippen molar-refractivity contribution in [2.75, 3.05) is 18.8 Å². The van der Waals surface area contributed by atoms with Crippen molar-refractivity contribution >= 4 is 23.6 Å². The number of halogens is 1. The molecule has 1 aromatic heterocycles. The van der Waals surface area contributed by atoms with Crippen LogP contribution in [-0.4, -0.2) is 34.6 Å². The lowest BCUT2D eigenvalue weighted by Gasteiger charge is -2.19. The molecule has 0 saturated carbocycles. The summed E-state index contributed by atoms with van der Waals surface area (Å²) in [6, 6.07) is 9.13. The van der Waals surface area contributed by atoms with Crippen LogP contribution in [0.4, 0.5) is 10.3 Å². The molecule has 3 rings (SSSR count). The second kappa shape index (κ2) is 7.04. The van der Waals surface area contributed by atoms with E-state index in [0.717, 1.165) is 0 Å². The third-order valence-electron chi connectivity index (χ3n) is 3.86.